The van der Waals surface area contributed by atoms with Crippen LogP contribution in [0, 0.1) is 46.3 Å². The second kappa shape index (κ2) is 6.14. The SMILES string of the molecule is C[C@@]1(O)CC[C@H]2[C@H](CC[C@@H]3[C@@H]2CC[C@]2(C)[C@@H](C4(C(F)F)COC4)CC[C@@H]32)C1. The molecule has 1 aliphatic heterocycles. The average Bonchev–Trinajstić information content (AvgIpc) is 2.90. The monoisotopic (exact) mass is 382 g/mol. The second-order valence-corrected chi connectivity index (χ2v) is 11.4. The molecule has 0 unspecified atom stereocenters. The highest BCUT2D eigenvalue weighted by Crippen LogP contribution is 2.68. The highest BCUT2D eigenvalue weighted by molar-refractivity contribution is 5.12. The number of alkyl halides is 2. The van der Waals surface area contributed by atoms with Crippen molar-refractivity contribution in [1.29, 1.82) is 0 Å². The van der Waals surface area contributed by atoms with Crippen molar-refractivity contribution in [3.05, 3.63) is 0 Å². The highest BCUT2D eigenvalue weighted by Gasteiger charge is 2.65. The molecule has 154 valence electrons. The lowest BCUT2D eigenvalue weighted by Crippen LogP contribution is -2.59. The third-order valence-corrected chi connectivity index (χ3v) is 10.1. The number of hydrogen-bond acceptors (Lipinski definition) is 2. The van der Waals surface area contributed by atoms with Crippen molar-refractivity contribution in [1.82, 2.24) is 0 Å². The first-order valence-corrected chi connectivity index (χ1v) is 11.4. The van der Waals surface area contributed by atoms with Gasteiger partial charge in [0, 0.05) is 0 Å². The standard InChI is InChI=1S/C23H36F2O2/c1-21(26)9-7-15-14(11-21)3-4-17-16(15)8-10-22(2)18(17)5-6-19(22)23(20(24)25)12-27-13-23/h14-20,26H,3-13H2,1-2H3/t14-,15+,16-,17-,18+,19+,21-,22+/m1/s1. The van der Waals surface area contributed by atoms with E-state index in [0.717, 1.165) is 49.9 Å². The van der Waals surface area contributed by atoms with Gasteiger partial charge in [-0.05, 0) is 106 Å². The maximum absolute atomic E-state index is 14.0. The topological polar surface area (TPSA) is 29.5 Å². The minimum absolute atomic E-state index is 0.0778. The minimum atomic E-state index is -2.25. The fourth-order valence-corrected chi connectivity index (χ4v) is 8.84. The second-order valence-electron chi connectivity index (χ2n) is 11.4. The van der Waals surface area contributed by atoms with E-state index in [9.17, 15) is 13.9 Å². The molecule has 0 bridgehead atoms. The first kappa shape index (κ1) is 18.8. The molecule has 5 aliphatic rings. The van der Waals surface area contributed by atoms with Crippen LogP contribution in [-0.4, -0.2) is 30.3 Å². The number of hydrogen-bond donors (Lipinski definition) is 1. The highest BCUT2D eigenvalue weighted by atomic mass is 19.3. The summed E-state index contributed by atoms with van der Waals surface area (Å²) in [5.74, 6) is 3.72. The quantitative estimate of drug-likeness (QED) is 0.703. The van der Waals surface area contributed by atoms with E-state index in [0.29, 0.717) is 11.8 Å². The first-order chi connectivity index (χ1) is 12.8. The number of halogens is 2. The van der Waals surface area contributed by atoms with Gasteiger partial charge in [-0.2, -0.15) is 0 Å². The lowest BCUT2D eigenvalue weighted by molar-refractivity contribution is -0.238. The molecule has 0 spiro atoms. The molecule has 0 radical (unpaired) electrons. The van der Waals surface area contributed by atoms with Gasteiger partial charge in [0.25, 0.3) is 0 Å². The van der Waals surface area contributed by atoms with Crippen LogP contribution in [-0.2, 0) is 4.74 Å². The maximum atomic E-state index is 14.0. The van der Waals surface area contributed by atoms with Crippen molar-refractivity contribution in [2.75, 3.05) is 13.2 Å². The van der Waals surface area contributed by atoms with Crippen LogP contribution in [0.1, 0.15) is 71.6 Å². The molecule has 0 amide bonds. The first-order valence-electron chi connectivity index (χ1n) is 11.4. The molecule has 0 aromatic carbocycles. The molecular weight excluding hydrogens is 346 g/mol. The maximum Gasteiger partial charge on any atom is 0.248 e. The van der Waals surface area contributed by atoms with E-state index in [2.05, 4.69) is 6.92 Å². The van der Waals surface area contributed by atoms with Crippen LogP contribution in [0.5, 0.6) is 0 Å². The van der Waals surface area contributed by atoms with Crippen LogP contribution in [0.15, 0.2) is 0 Å². The smallest absolute Gasteiger partial charge is 0.248 e. The summed E-state index contributed by atoms with van der Waals surface area (Å²) in [6.45, 7) is 4.90. The molecule has 4 heteroatoms. The van der Waals surface area contributed by atoms with Crippen molar-refractivity contribution in [2.45, 2.75) is 83.7 Å². The third-order valence-electron chi connectivity index (χ3n) is 10.1. The van der Waals surface area contributed by atoms with Crippen molar-refractivity contribution in [2.24, 2.45) is 46.3 Å². The molecule has 4 saturated carbocycles. The van der Waals surface area contributed by atoms with Gasteiger partial charge in [0.05, 0.1) is 24.2 Å². The summed E-state index contributed by atoms with van der Waals surface area (Å²) >= 11 is 0. The summed E-state index contributed by atoms with van der Waals surface area (Å²) < 4.78 is 33.4. The zero-order valence-electron chi connectivity index (χ0n) is 16.9. The van der Waals surface area contributed by atoms with Gasteiger partial charge >= 0.3 is 0 Å². The number of ether oxygens (including phenoxy) is 1. The molecule has 2 nitrogen and oxygen atoms in total. The Morgan fingerprint density at radius 2 is 1.63 bits per heavy atom. The average molecular weight is 383 g/mol. The lowest BCUT2D eigenvalue weighted by Gasteiger charge is -2.59. The fraction of sp³-hybridized carbons (Fsp3) is 1.00. The number of fused-ring (bicyclic) bond motifs is 5. The predicted octanol–water partition coefficient (Wildman–Crippen LogP) is 5.29. The van der Waals surface area contributed by atoms with Gasteiger partial charge in [0.15, 0.2) is 0 Å². The lowest BCUT2D eigenvalue weighted by atomic mass is 9.47. The summed E-state index contributed by atoms with van der Waals surface area (Å²) in [4.78, 5) is 0. The Bertz CT molecular complexity index is 587. The van der Waals surface area contributed by atoms with Gasteiger partial charge in [0.2, 0.25) is 6.43 Å². The van der Waals surface area contributed by atoms with E-state index in [4.69, 9.17) is 4.74 Å². The van der Waals surface area contributed by atoms with Gasteiger partial charge in [-0.25, -0.2) is 8.78 Å². The Morgan fingerprint density at radius 1 is 0.889 bits per heavy atom. The number of aliphatic hydroxyl groups is 1. The Morgan fingerprint density at radius 3 is 2.30 bits per heavy atom. The van der Waals surface area contributed by atoms with Gasteiger partial charge in [-0.15, -0.1) is 0 Å². The van der Waals surface area contributed by atoms with Crippen LogP contribution in [0.4, 0.5) is 8.78 Å². The Labute approximate surface area is 162 Å². The van der Waals surface area contributed by atoms with Crippen molar-refractivity contribution in [3.63, 3.8) is 0 Å². The summed E-state index contributed by atoms with van der Waals surface area (Å²) in [6, 6.07) is 0. The normalized spacial score (nSPS) is 54.0. The molecule has 0 aromatic heterocycles. The molecule has 1 saturated heterocycles. The molecular formula is C23H36F2O2. The zero-order valence-corrected chi connectivity index (χ0v) is 16.9. The van der Waals surface area contributed by atoms with E-state index < -0.39 is 17.4 Å². The molecule has 8 atom stereocenters. The summed E-state index contributed by atoms with van der Waals surface area (Å²) in [7, 11) is 0. The van der Waals surface area contributed by atoms with Gasteiger partial charge in [-0.3, -0.25) is 0 Å². The number of rotatable bonds is 2. The van der Waals surface area contributed by atoms with E-state index >= 15 is 0 Å². The van der Waals surface area contributed by atoms with Gasteiger partial charge < -0.3 is 9.84 Å². The summed E-state index contributed by atoms with van der Waals surface area (Å²) in [5, 5.41) is 10.5. The van der Waals surface area contributed by atoms with Gasteiger partial charge in [0.1, 0.15) is 0 Å². The zero-order chi connectivity index (χ0) is 19.0. The molecule has 5 rings (SSSR count). The van der Waals surface area contributed by atoms with Gasteiger partial charge in [-0.1, -0.05) is 6.92 Å². The summed E-state index contributed by atoms with van der Waals surface area (Å²) in [6.07, 6.45) is 7.78. The van der Waals surface area contributed by atoms with Crippen molar-refractivity contribution in [3.8, 4) is 0 Å². The van der Waals surface area contributed by atoms with Crippen LogP contribution in [0.25, 0.3) is 0 Å². The van der Waals surface area contributed by atoms with E-state index in [1.54, 1.807) is 0 Å². The van der Waals surface area contributed by atoms with Crippen LogP contribution in [0.2, 0.25) is 0 Å². The van der Waals surface area contributed by atoms with Crippen molar-refractivity contribution >= 4 is 0 Å². The van der Waals surface area contributed by atoms with Crippen LogP contribution < -0.4 is 0 Å². The van der Waals surface area contributed by atoms with Crippen molar-refractivity contribution < 1.29 is 18.6 Å². The van der Waals surface area contributed by atoms with E-state index in [-0.39, 0.29) is 24.5 Å². The van der Waals surface area contributed by atoms with E-state index in [1.165, 1.54) is 25.7 Å². The third kappa shape index (κ3) is 2.61. The summed E-state index contributed by atoms with van der Waals surface area (Å²) in [5.41, 5.74) is -1.26. The molecule has 27 heavy (non-hydrogen) atoms. The molecule has 1 N–H and O–H groups in total. The van der Waals surface area contributed by atoms with Crippen LogP contribution in [0.3, 0.4) is 0 Å². The largest absolute Gasteiger partial charge is 0.390 e. The molecule has 1 heterocycles. The van der Waals surface area contributed by atoms with Crippen LogP contribution >= 0.6 is 0 Å². The Balaban J connectivity index is 1.38. The Hall–Kier alpha value is -0.220. The van der Waals surface area contributed by atoms with E-state index in [1.807, 2.05) is 6.92 Å². The minimum Gasteiger partial charge on any atom is -0.390 e. The Kier molecular flexibility index (Phi) is 4.27. The molecule has 0 aromatic rings. The molecule has 5 fully saturated rings. The molecule has 4 aliphatic carbocycles. The predicted molar refractivity (Wildman–Crippen MR) is 100 cm³/mol. The fourth-order valence-electron chi connectivity index (χ4n) is 8.84.